The van der Waals surface area contributed by atoms with Crippen LogP contribution in [-0.2, 0) is 0 Å². The molecule has 0 radical (unpaired) electrons. The average Bonchev–Trinajstić information content (AvgIpc) is 3.38. The van der Waals surface area contributed by atoms with E-state index in [-0.39, 0.29) is 59.7 Å². The zero-order valence-electron chi connectivity index (χ0n) is 26.9. The molecule has 0 amide bonds. The van der Waals surface area contributed by atoms with Gasteiger partial charge in [-0.15, -0.1) is 0 Å². The van der Waals surface area contributed by atoms with E-state index in [0.717, 1.165) is 21.8 Å². The predicted molar refractivity (Wildman–Crippen MR) is 149 cm³/mol. The lowest BCUT2D eigenvalue weighted by atomic mass is 9.90. The maximum Gasteiger partial charge on any atom is 0.135 e. The van der Waals surface area contributed by atoms with Gasteiger partial charge in [-0.1, -0.05) is 90.9 Å². The van der Waals surface area contributed by atoms with E-state index >= 15 is 0 Å². The molecule has 0 unspecified atom stereocenters. The summed E-state index contributed by atoms with van der Waals surface area (Å²) in [5.41, 5.74) is 3.59. The summed E-state index contributed by atoms with van der Waals surface area (Å²) in [6.45, 7) is 0. The highest BCUT2D eigenvalue weighted by molar-refractivity contribution is 6.12. The number of ether oxygens (including phenoxy) is 1. The lowest BCUT2D eigenvalue weighted by Crippen LogP contribution is -2.00. The third kappa shape index (κ3) is 2.61. The van der Waals surface area contributed by atoms with Crippen LogP contribution in [0.1, 0.15) is 11.0 Å². The van der Waals surface area contributed by atoms with Crippen molar-refractivity contribution in [3.8, 4) is 39.4 Å². The van der Waals surface area contributed by atoms with Gasteiger partial charge in [0.05, 0.1) is 27.7 Å². The number of rotatable bonds is 2. The lowest BCUT2D eigenvalue weighted by Gasteiger charge is -2.23. The maximum atomic E-state index is 9.17. The summed E-state index contributed by atoms with van der Waals surface area (Å²) in [5, 5.41) is 3.14. The van der Waals surface area contributed by atoms with E-state index in [2.05, 4.69) is 0 Å². The topological polar surface area (TPSA) is 14.2 Å². The second kappa shape index (κ2) is 7.34. The molecule has 0 saturated heterocycles. The summed E-state index contributed by atoms with van der Waals surface area (Å²) in [4.78, 5) is 0. The fourth-order valence-electron chi connectivity index (χ4n) is 5.39. The van der Waals surface area contributed by atoms with Crippen molar-refractivity contribution in [2.45, 2.75) is 0 Å². The molecule has 168 valence electrons. The minimum absolute atomic E-state index is 0.0522. The number of benzene rings is 6. The van der Waals surface area contributed by atoms with Crippen molar-refractivity contribution in [1.82, 2.24) is 4.57 Å². The average molecular weight is 468 g/mol. The van der Waals surface area contributed by atoms with Gasteiger partial charge in [-0.25, -0.2) is 0 Å². The van der Waals surface area contributed by atoms with Gasteiger partial charge in [0.2, 0.25) is 0 Å². The van der Waals surface area contributed by atoms with Crippen LogP contribution in [0, 0.1) is 0 Å². The molecule has 7 aromatic rings. The molecule has 1 aromatic heterocycles. The minimum atomic E-state index is -0.378. The molecule has 0 fully saturated rings. The van der Waals surface area contributed by atoms with Gasteiger partial charge in [0.25, 0.3) is 0 Å². The molecule has 0 saturated carbocycles. The first-order valence-corrected chi connectivity index (χ1v) is 11.6. The Morgan fingerprint density at radius 2 is 1.17 bits per heavy atom. The summed E-state index contributed by atoms with van der Waals surface area (Å²) in [7, 11) is 0. The first-order chi connectivity index (χ1) is 21.2. The normalized spacial score (nSPS) is 15.2. The van der Waals surface area contributed by atoms with Crippen molar-refractivity contribution >= 4 is 32.6 Å². The lowest BCUT2D eigenvalue weighted by molar-refractivity contribution is 0.487. The van der Waals surface area contributed by atoms with Gasteiger partial charge in [0.15, 0.2) is 0 Å². The Balaban J connectivity index is 1.53. The van der Waals surface area contributed by atoms with Crippen LogP contribution in [0.25, 0.3) is 60.5 Å². The molecule has 8 rings (SSSR count). The molecule has 0 spiro atoms. The van der Waals surface area contributed by atoms with E-state index in [0.29, 0.717) is 38.9 Å². The Morgan fingerprint density at radius 1 is 0.500 bits per heavy atom. The third-order valence-corrected chi connectivity index (χ3v) is 6.88. The molecule has 2 heterocycles. The zero-order valence-corrected chi connectivity index (χ0v) is 18.9. The molecule has 2 heteroatoms. The van der Waals surface area contributed by atoms with Gasteiger partial charge in [-0.3, -0.25) is 0 Å². The van der Waals surface area contributed by atoms with Gasteiger partial charge >= 0.3 is 0 Å². The monoisotopic (exact) mass is 467 g/mol. The molecule has 2 nitrogen and oxygen atoms in total. The van der Waals surface area contributed by atoms with Crippen molar-refractivity contribution in [1.29, 1.82) is 0 Å². The molecule has 6 aromatic carbocycles. The van der Waals surface area contributed by atoms with E-state index in [1.54, 1.807) is 24.3 Å². The molecule has 0 aliphatic carbocycles. The van der Waals surface area contributed by atoms with E-state index in [4.69, 9.17) is 15.7 Å². The van der Waals surface area contributed by atoms with Crippen molar-refractivity contribution in [2.75, 3.05) is 0 Å². The van der Waals surface area contributed by atoms with Crippen LogP contribution < -0.4 is 4.74 Å². The van der Waals surface area contributed by atoms with E-state index in [1.165, 1.54) is 0 Å². The summed E-state index contributed by atoms with van der Waals surface area (Å²) in [6.07, 6.45) is 0. The molecule has 0 N–H and O–H groups in total. The second-order valence-corrected chi connectivity index (χ2v) is 8.74. The van der Waals surface area contributed by atoms with Gasteiger partial charge in [0, 0.05) is 27.3 Å². The third-order valence-electron chi connectivity index (χ3n) is 6.88. The quantitative estimate of drug-likeness (QED) is 0.247. The smallest absolute Gasteiger partial charge is 0.135 e. The second-order valence-electron chi connectivity index (χ2n) is 8.74. The van der Waals surface area contributed by atoms with Crippen molar-refractivity contribution in [3.63, 3.8) is 0 Å². The number of fused-ring (bicyclic) bond motifs is 5. The first-order valence-electron chi connectivity index (χ1n) is 15.6. The number of hydrogen-bond donors (Lipinski definition) is 0. The largest absolute Gasteiger partial charge is 0.456 e. The van der Waals surface area contributed by atoms with Crippen LogP contribution in [0.5, 0.6) is 11.5 Å². The summed E-state index contributed by atoms with van der Waals surface area (Å²) >= 11 is 0. The first kappa shape index (κ1) is 13.3. The molecule has 0 bridgehead atoms. The van der Waals surface area contributed by atoms with Crippen molar-refractivity contribution < 1.29 is 15.7 Å². The van der Waals surface area contributed by atoms with Crippen LogP contribution in [0.3, 0.4) is 0 Å². The molecule has 1 aliphatic heterocycles. The molecule has 1 aliphatic rings. The van der Waals surface area contributed by atoms with E-state index < -0.39 is 0 Å². The highest BCUT2D eigenvalue weighted by atomic mass is 16.5. The van der Waals surface area contributed by atoms with Crippen LogP contribution in [0.2, 0.25) is 0 Å². The number of hydrogen-bond acceptors (Lipinski definition) is 1. The minimum Gasteiger partial charge on any atom is -0.456 e. The molecule has 0 atom stereocenters. The maximum absolute atomic E-state index is 9.17. The van der Waals surface area contributed by atoms with Crippen LogP contribution in [0.15, 0.2) is 127 Å². The number of para-hydroxylation sites is 4. The Morgan fingerprint density at radius 3 is 1.97 bits per heavy atom. The standard InChI is InChI=1S/C34H21NO/c1-5-16-29(35-30-17-6-2-11-24(30)25-12-3-7-18-31(25)35)23(10-1)22-20-21-33-34-27(22)14-9-15-28(34)26-13-4-8-19-32(26)36-33/h1-21H/i1D,4D,5D,8D,10D,13D,16D,19D. The summed E-state index contributed by atoms with van der Waals surface area (Å²) in [5.74, 6) is 0.451. The van der Waals surface area contributed by atoms with Crippen LogP contribution in [-0.4, -0.2) is 4.57 Å². The van der Waals surface area contributed by atoms with Gasteiger partial charge in [0.1, 0.15) is 11.5 Å². The van der Waals surface area contributed by atoms with Gasteiger partial charge < -0.3 is 9.30 Å². The SMILES string of the molecule is [2H]c1c([2H])c([2H])c2c(c1[2H])Oc1ccc(-c3c([2H])c([2H])c([2H])c([2H])c3-n3c4ccccc4c4ccccc43)c3cccc-2c13. The highest BCUT2D eigenvalue weighted by Gasteiger charge is 2.22. The zero-order chi connectivity index (χ0) is 30.6. The Bertz CT molecular complexity index is 2360. The Kier molecular flexibility index (Phi) is 2.71. The van der Waals surface area contributed by atoms with Crippen LogP contribution >= 0.6 is 0 Å². The Labute approximate surface area is 219 Å². The summed E-state index contributed by atoms with van der Waals surface area (Å²) in [6, 6.07) is 22.2. The molecular weight excluding hydrogens is 438 g/mol. The predicted octanol–water partition coefficient (Wildman–Crippen LogP) is 9.38. The fourth-order valence-corrected chi connectivity index (χ4v) is 5.39. The number of aromatic nitrogens is 1. The fraction of sp³-hybridized carbons (Fsp3) is 0. The van der Waals surface area contributed by atoms with Gasteiger partial charge in [-0.05, 0) is 52.9 Å². The van der Waals surface area contributed by atoms with Crippen LogP contribution in [0.4, 0.5) is 0 Å². The van der Waals surface area contributed by atoms with E-state index in [9.17, 15) is 0 Å². The van der Waals surface area contributed by atoms with E-state index in [1.807, 2.05) is 59.2 Å². The van der Waals surface area contributed by atoms with Crippen molar-refractivity contribution in [2.24, 2.45) is 0 Å². The Hall–Kier alpha value is -4.82. The highest BCUT2D eigenvalue weighted by Crippen LogP contribution is 2.49. The molecular formula is C34H21NO. The van der Waals surface area contributed by atoms with Crippen molar-refractivity contribution in [3.05, 3.63) is 127 Å². The molecule has 36 heavy (non-hydrogen) atoms. The summed E-state index contributed by atoms with van der Waals surface area (Å²) < 4.78 is 77.2. The number of nitrogens with zero attached hydrogens (tertiary/aromatic N) is 1. The van der Waals surface area contributed by atoms with Gasteiger partial charge in [-0.2, -0.15) is 0 Å².